The summed E-state index contributed by atoms with van der Waals surface area (Å²) in [7, 11) is 11.4. The van der Waals surface area contributed by atoms with Gasteiger partial charge in [0.2, 0.25) is 0 Å². The quantitative estimate of drug-likeness (QED) is 0.139. The van der Waals surface area contributed by atoms with E-state index in [0.29, 0.717) is 0 Å². The van der Waals surface area contributed by atoms with Gasteiger partial charge in [0, 0.05) is 81.6 Å². The Morgan fingerprint density at radius 1 is 0.243 bits per heavy atom. The second-order valence-corrected chi connectivity index (χ2v) is 13.8. The van der Waals surface area contributed by atoms with Gasteiger partial charge in [-0.05, 0) is 19.1 Å². The van der Waals surface area contributed by atoms with E-state index in [4.69, 9.17) is 4.74 Å². The number of ether oxygens (including phenoxy) is 4. The average Bonchev–Trinajstić information content (AvgIpc) is 3.49. The molecule has 0 saturated heterocycles. The van der Waals surface area contributed by atoms with Crippen molar-refractivity contribution in [2.45, 2.75) is 48.5 Å². The van der Waals surface area contributed by atoms with Crippen LogP contribution in [0, 0.1) is 0 Å². The summed E-state index contributed by atoms with van der Waals surface area (Å²) in [6.07, 6.45) is 0. The van der Waals surface area contributed by atoms with E-state index in [0.717, 1.165) is 44.7 Å². The zero-order valence-electron chi connectivity index (χ0n) is 46.4. The highest BCUT2D eigenvalue weighted by Gasteiger charge is 2.08. The molecule has 0 spiro atoms. The minimum atomic E-state index is 0.0752. The van der Waals surface area contributed by atoms with Crippen LogP contribution >= 0.6 is 0 Å². The lowest BCUT2D eigenvalue weighted by atomic mass is 10.0. The molecule has 8 rings (SSSR count). The third kappa shape index (κ3) is 34.4. The third-order valence-electron chi connectivity index (χ3n) is 8.38. The molecule has 8 aromatic carbocycles. The molecular weight excluding hydrogens is 921 g/mol. The highest BCUT2D eigenvalue weighted by molar-refractivity contribution is 6.10. The molecule has 394 valence electrons. The first-order valence-corrected chi connectivity index (χ1v) is 24.4. The Bertz CT molecular complexity index is 2120. The SMILES string of the molecule is CC.CC.CC.CC(=O)c1ccccc1.COC.COC.COC.COc1ccccc1.O=C(c1ccccc1)c1ccccc1.O=C(c1ccccc1)c1ccccc1.O=C(c1ccccc1)c1ccccc1. The first kappa shape index (κ1) is 70.4. The van der Waals surface area contributed by atoms with Gasteiger partial charge in [0.1, 0.15) is 5.75 Å². The van der Waals surface area contributed by atoms with Crippen LogP contribution in [-0.2, 0) is 14.2 Å². The number of methoxy groups -OCH3 is 4. The molecule has 0 aliphatic carbocycles. The summed E-state index contributed by atoms with van der Waals surface area (Å²) in [4.78, 5) is 46.2. The normalized spacial score (nSPS) is 8.51. The van der Waals surface area contributed by atoms with Crippen LogP contribution in [0.1, 0.15) is 107 Å². The fourth-order valence-corrected chi connectivity index (χ4v) is 5.27. The molecule has 0 saturated carbocycles. The lowest BCUT2D eigenvalue weighted by Gasteiger charge is -1.99. The Morgan fingerprint density at radius 3 is 0.486 bits per heavy atom. The smallest absolute Gasteiger partial charge is 0.193 e. The van der Waals surface area contributed by atoms with Crippen molar-refractivity contribution >= 4 is 23.1 Å². The molecule has 8 aromatic rings. The third-order valence-corrected chi connectivity index (χ3v) is 8.38. The zero-order valence-corrected chi connectivity index (χ0v) is 46.4. The standard InChI is InChI=1S/3C13H10O.C8H8O.C7H8O.3C2H6O.3C2H6/c3*14-13(11-7-3-1-4-8-11)12-9-5-2-6-10-12;1-7(9)8-5-3-2-4-6-8;1-8-7-5-3-2-4-6-7;3*1-3-2;3*1-2/h3*1-10H;2-6H,1H3;2-6H,1H3;3*1-2H3;3*1-2H3. The fourth-order valence-electron chi connectivity index (χ4n) is 5.27. The molecule has 74 heavy (non-hydrogen) atoms. The van der Waals surface area contributed by atoms with Crippen LogP contribution in [0.25, 0.3) is 0 Å². The van der Waals surface area contributed by atoms with Crippen LogP contribution in [0.3, 0.4) is 0 Å². The van der Waals surface area contributed by atoms with Gasteiger partial charge in [-0.1, -0.05) is 272 Å². The Kier molecular flexibility index (Phi) is 49.0. The van der Waals surface area contributed by atoms with E-state index in [9.17, 15) is 19.2 Å². The van der Waals surface area contributed by atoms with Crippen LogP contribution in [0.4, 0.5) is 0 Å². The number of hydrogen-bond donors (Lipinski definition) is 0. The van der Waals surface area contributed by atoms with E-state index in [-0.39, 0.29) is 23.1 Å². The van der Waals surface area contributed by atoms with Crippen molar-refractivity contribution < 1.29 is 38.1 Å². The monoisotopic (exact) mass is 1000 g/mol. The molecule has 0 fully saturated rings. The van der Waals surface area contributed by atoms with E-state index < -0.39 is 0 Å². The van der Waals surface area contributed by atoms with Crippen molar-refractivity contribution in [3.8, 4) is 5.75 Å². The average molecular weight is 1000 g/mol. The van der Waals surface area contributed by atoms with Crippen molar-refractivity contribution in [1.29, 1.82) is 0 Å². The molecule has 0 N–H and O–H groups in total. The Hall–Kier alpha value is -7.88. The summed E-state index contributed by atoms with van der Waals surface area (Å²) in [5.41, 5.74) is 5.18. The van der Waals surface area contributed by atoms with Crippen LogP contribution in [0.2, 0.25) is 0 Å². The molecular formula is C66H82O8. The number of benzene rings is 8. The van der Waals surface area contributed by atoms with Crippen molar-refractivity contribution in [3.63, 3.8) is 0 Å². The molecule has 0 heterocycles. The fraction of sp³-hybridized carbons (Fsp3) is 0.212. The number of rotatable bonds is 8. The van der Waals surface area contributed by atoms with E-state index in [1.807, 2.05) is 284 Å². The molecule has 0 amide bonds. The van der Waals surface area contributed by atoms with Gasteiger partial charge < -0.3 is 18.9 Å². The minimum absolute atomic E-state index is 0.0752. The first-order valence-electron chi connectivity index (χ1n) is 24.4. The van der Waals surface area contributed by atoms with E-state index >= 15 is 0 Å². The maximum Gasteiger partial charge on any atom is 0.193 e. The maximum atomic E-state index is 11.8. The summed E-state index contributed by atoms with van der Waals surface area (Å²) >= 11 is 0. The van der Waals surface area contributed by atoms with Crippen LogP contribution in [0.5, 0.6) is 5.75 Å². The second-order valence-electron chi connectivity index (χ2n) is 13.8. The minimum Gasteiger partial charge on any atom is -0.497 e. The highest BCUT2D eigenvalue weighted by atomic mass is 16.5. The molecule has 0 bridgehead atoms. The summed E-state index contributed by atoms with van der Waals surface area (Å²) in [6.45, 7) is 13.6. The number of carbonyl (C=O) groups excluding carboxylic acids is 4. The highest BCUT2D eigenvalue weighted by Crippen LogP contribution is 2.11. The number of ketones is 4. The first-order chi connectivity index (χ1) is 36.1. The van der Waals surface area contributed by atoms with Gasteiger partial charge in [-0.15, -0.1) is 0 Å². The molecule has 8 heteroatoms. The molecule has 0 aliphatic rings. The van der Waals surface area contributed by atoms with Crippen molar-refractivity contribution in [1.82, 2.24) is 0 Å². The molecule has 0 radical (unpaired) electrons. The molecule has 8 nitrogen and oxygen atoms in total. The van der Waals surface area contributed by atoms with Gasteiger partial charge in [0.25, 0.3) is 0 Å². The summed E-state index contributed by atoms with van der Waals surface area (Å²) < 4.78 is 17.7. The van der Waals surface area contributed by atoms with Crippen LogP contribution in [-0.4, -0.2) is 72.9 Å². The van der Waals surface area contributed by atoms with Gasteiger partial charge >= 0.3 is 0 Å². The van der Waals surface area contributed by atoms with Gasteiger partial charge in [-0.25, -0.2) is 0 Å². The predicted octanol–water partition coefficient (Wildman–Crippen LogP) is 16.2. The number of para-hydroxylation sites is 1. The lowest BCUT2D eigenvalue weighted by Crippen LogP contribution is -1.99. The predicted molar refractivity (Wildman–Crippen MR) is 311 cm³/mol. The largest absolute Gasteiger partial charge is 0.497 e. The second kappa shape index (κ2) is 51.5. The summed E-state index contributed by atoms with van der Waals surface area (Å²) in [5, 5.41) is 0. The molecule has 0 aliphatic heterocycles. The van der Waals surface area contributed by atoms with Gasteiger partial charge in [0.15, 0.2) is 23.1 Å². The zero-order chi connectivity index (χ0) is 56.0. The molecule has 0 aromatic heterocycles. The Balaban J connectivity index is -0.000000806. The van der Waals surface area contributed by atoms with Crippen LogP contribution in [0.15, 0.2) is 243 Å². The molecule has 0 atom stereocenters. The van der Waals surface area contributed by atoms with Crippen molar-refractivity contribution in [2.24, 2.45) is 0 Å². The van der Waals surface area contributed by atoms with Gasteiger partial charge in [-0.3, -0.25) is 19.2 Å². The topological polar surface area (TPSA) is 105 Å². The Morgan fingerprint density at radius 2 is 0.378 bits per heavy atom. The van der Waals surface area contributed by atoms with E-state index in [1.54, 1.807) is 56.7 Å². The van der Waals surface area contributed by atoms with Crippen molar-refractivity contribution in [3.05, 3.63) is 282 Å². The Labute approximate surface area is 445 Å². The maximum absolute atomic E-state index is 11.8. The van der Waals surface area contributed by atoms with E-state index in [1.165, 1.54) is 0 Å². The van der Waals surface area contributed by atoms with Crippen molar-refractivity contribution in [2.75, 3.05) is 49.8 Å². The lowest BCUT2D eigenvalue weighted by molar-refractivity contribution is 0.101. The van der Waals surface area contributed by atoms with Crippen LogP contribution < -0.4 is 4.74 Å². The van der Waals surface area contributed by atoms with Gasteiger partial charge in [-0.2, -0.15) is 0 Å². The summed E-state index contributed by atoms with van der Waals surface area (Å²) in [6, 6.07) is 74.7. The number of hydrogen-bond acceptors (Lipinski definition) is 8. The summed E-state index contributed by atoms with van der Waals surface area (Å²) in [5.74, 6) is 1.26. The molecule has 0 unspecified atom stereocenters. The number of carbonyl (C=O) groups is 4. The number of Topliss-reactive ketones (excluding diaryl/α,β-unsaturated/α-hetero) is 1. The van der Waals surface area contributed by atoms with Gasteiger partial charge in [0.05, 0.1) is 7.11 Å². The van der Waals surface area contributed by atoms with E-state index in [2.05, 4.69) is 14.2 Å².